The van der Waals surface area contributed by atoms with Crippen LogP contribution < -0.4 is 5.32 Å². The summed E-state index contributed by atoms with van der Waals surface area (Å²) in [5, 5.41) is 12.2. The van der Waals surface area contributed by atoms with Crippen molar-refractivity contribution >= 4 is 16.8 Å². The Morgan fingerprint density at radius 2 is 2.15 bits per heavy atom. The Kier molecular flexibility index (Phi) is 5.37. The molecule has 0 fully saturated rings. The molecule has 0 aliphatic heterocycles. The molecule has 0 bridgehead atoms. The van der Waals surface area contributed by atoms with Gasteiger partial charge in [-0.2, -0.15) is 0 Å². The van der Waals surface area contributed by atoms with Crippen molar-refractivity contribution in [3.8, 4) is 0 Å². The quantitative estimate of drug-likeness (QED) is 0.661. The van der Waals surface area contributed by atoms with E-state index >= 15 is 0 Å². The van der Waals surface area contributed by atoms with Crippen LogP contribution in [0, 0.1) is 6.92 Å². The molecule has 1 atom stereocenters. The van der Waals surface area contributed by atoms with E-state index in [9.17, 15) is 4.79 Å². The summed E-state index contributed by atoms with van der Waals surface area (Å²) in [6.45, 7) is 5.39. The summed E-state index contributed by atoms with van der Waals surface area (Å²) in [7, 11) is 3.59. The van der Waals surface area contributed by atoms with Crippen molar-refractivity contribution in [1.82, 2.24) is 24.6 Å². The monoisotopic (exact) mass is 355 g/mol. The van der Waals surface area contributed by atoms with Gasteiger partial charge in [0, 0.05) is 38.2 Å². The zero-order valence-corrected chi connectivity index (χ0v) is 15.7. The van der Waals surface area contributed by atoms with Crippen LogP contribution in [0.15, 0.2) is 30.6 Å². The van der Waals surface area contributed by atoms with Gasteiger partial charge < -0.3 is 19.2 Å². The number of hydrogen-bond donors (Lipinski definition) is 1. The van der Waals surface area contributed by atoms with Gasteiger partial charge in [0.1, 0.15) is 12.0 Å². The van der Waals surface area contributed by atoms with Crippen molar-refractivity contribution in [1.29, 1.82) is 0 Å². The molecular formula is C19H25N5O2. The zero-order valence-electron chi connectivity index (χ0n) is 15.7. The number of amides is 1. The summed E-state index contributed by atoms with van der Waals surface area (Å²) in [6.07, 6.45) is 2.55. The fraction of sp³-hybridized carbons (Fsp3) is 0.421. The van der Waals surface area contributed by atoms with Crippen molar-refractivity contribution < 1.29 is 9.53 Å². The van der Waals surface area contributed by atoms with E-state index in [1.807, 2.05) is 42.2 Å². The van der Waals surface area contributed by atoms with Crippen molar-refractivity contribution in [3.63, 3.8) is 0 Å². The lowest BCUT2D eigenvalue weighted by Gasteiger charge is -2.15. The van der Waals surface area contributed by atoms with Crippen LogP contribution in [0.5, 0.6) is 0 Å². The second-order valence-corrected chi connectivity index (χ2v) is 6.57. The summed E-state index contributed by atoms with van der Waals surface area (Å²) in [5.41, 5.74) is 2.84. The number of aromatic nitrogens is 4. The lowest BCUT2D eigenvalue weighted by Crippen LogP contribution is -2.30. The van der Waals surface area contributed by atoms with Crippen LogP contribution in [0.3, 0.4) is 0 Å². The third kappa shape index (κ3) is 3.62. The number of carbonyl (C=O) groups is 1. The van der Waals surface area contributed by atoms with Crippen LogP contribution >= 0.6 is 0 Å². The number of fused-ring (bicyclic) bond motifs is 1. The topological polar surface area (TPSA) is 74.0 Å². The Balaban J connectivity index is 1.76. The Morgan fingerprint density at radius 3 is 2.92 bits per heavy atom. The number of carbonyl (C=O) groups excluding carboxylic acids is 1. The van der Waals surface area contributed by atoms with E-state index < -0.39 is 0 Å². The molecule has 3 rings (SSSR count). The number of ether oxygens (including phenoxy) is 1. The second-order valence-electron chi connectivity index (χ2n) is 6.57. The number of nitrogens with one attached hydrogen (secondary N) is 1. The lowest BCUT2D eigenvalue weighted by molar-refractivity contribution is 0.0929. The Hall–Kier alpha value is -2.67. The Morgan fingerprint density at radius 1 is 1.35 bits per heavy atom. The molecule has 1 amide bonds. The average molecular weight is 355 g/mol. The molecule has 3 aromatic rings. The van der Waals surface area contributed by atoms with Gasteiger partial charge in [0.25, 0.3) is 5.91 Å². The molecule has 0 unspecified atom stereocenters. The highest BCUT2D eigenvalue weighted by Gasteiger charge is 2.19. The minimum Gasteiger partial charge on any atom is -0.385 e. The smallest absolute Gasteiger partial charge is 0.268 e. The predicted octanol–water partition coefficient (Wildman–Crippen LogP) is 2.61. The number of methoxy groups -OCH3 is 1. The van der Waals surface area contributed by atoms with Gasteiger partial charge in [0.2, 0.25) is 0 Å². The van der Waals surface area contributed by atoms with Crippen molar-refractivity contribution in [2.45, 2.75) is 32.9 Å². The maximum absolute atomic E-state index is 12.8. The number of hydrogen-bond acceptors (Lipinski definition) is 4. The van der Waals surface area contributed by atoms with Crippen LogP contribution in [0.2, 0.25) is 0 Å². The first kappa shape index (κ1) is 18.1. The molecule has 26 heavy (non-hydrogen) atoms. The maximum atomic E-state index is 12.8. The molecule has 0 aliphatic carbocycles. The molecule has 2 aromatic heterocycles. The van der Waals surface area contributed by atoms with Gasteiger partial charge in [-0.15, -0.1) is 10.2 Å². The van der Waals surface area contributed by atoms with Crippen LogP contribution in [0.4, 0.5) is 0 Å². The fourth-order valence-corrected chi connectivity index (χ4v) is 3.17. The number of aryl methyl sites for hydroxylation is 3. The SMILES string of the molecule is COCCCn1cnnc1[C@H](C)NC(=O)c1cc2cc(C)ccc2n1C. The molecule has 0 saturated heterocycles. The molecule has 138 valence electrons. The molecule has 1 aromatic carbocycles. The Labute approximate surface area is 153 Å². The van der Waals surface area contributed by atoms with E-state index in [1.54, 1.807) is 13.4 Å². The normalized spacial score (nSPS) is 12.5. The van der Waals surface area contributed by atoms with E-state index in [0.29, 0.717) is 12.3 Å². The minimum absolute atomic E-state index is 0.125. The summed E-state index contributed by atoms with van der Waals surface area (Å²) in [4.78, 5) is 12.8. The van der Waals surface area contributed by atoms with Gasteiger partial charge in [-0.05, 0) is 38.5 Å². The third-order valence-electron chi connectivity index (χ3n) is 4.56. The molecule has 7 heteroatoms. The average Bonchev–Trinajstić information content (AvgIpc) is 3.20. The zero-order chi connectivity index (χ0) is 18.7. The van der Waals surface area contributed by atoms with Crippen LogP contribution in [-0.4, -0.2) is 39.0 Å². The predicted molar refractivity (Wildman–Crippen MR) is 100 cm³/mol. The van der Waals surface area contributed by atoms with Crippen LogP contribution in [0.25, 0.3) is 10.9 Å². The van der Waals surface area contributed by atoms with E-state index in [0.717, 1.165) is 29.7 Å². The number of rotatable bonds is 7. The molecule has 0 radical (unpaired) electrons. The highest BCUT2D eigenvalue weighted by atomic mass is 16.5. The van der Waals surface area contributed by atoms with E-state index in [1.165, 1.54) is 5.56 Å². The second kappa shape index (κ2) is 7.70. The highest BCUT2D eigenvalue weighted by molar-refractivity contribution is 5.99. The van der Waals surface area contributed by atoms with Crippen LogP contribution in [-0.2, 0) is 18.3 Å². The fourth-order valence-electron chi connectivity index (χ4n) is 3.17. The lowest BCUT2D eigenvalue weighted by atomic mass is 10.2. The Bertz CT molecular complexity index is 912. The molecule has 0 saturated carbocycles. The van der Waals surface area contributed by atoms with Gasteiger partial charge in [-0.25, -0.2) is 0 Å². The molecule has 0 aliphatic rings. The summed E-state index contributed by atoms with van der Waals surface area (Å²) < 4.78 is 8.96. The van der Waals surface area contributed by atoms with Gasteiger partial charge in [0.05, 0.1) is 6.04 Å². The maximum Gasteiger partial charge on any atom is 0.268 e. The van der Waals surface area contributed by atoms with Crippen molar-refractivity contribution in [3.05, 3.63) is 47.7 Å². The van der Waals surface area contributed by atoms with Crippen molar-refractivity contribution in [2.75, 3.05) is 13.7 Å². The molecular weight excluding hydrogens is 330 g/mol. The summed E-state index contributed by atoms with van der Waals surface area (Å²) in [6, 6.07) is 7.86. The van der Waals surface area contributed by atoms with Crippen molar-refractivity contribution in [2.24, 2.45) is 7.05 Å². The molecule has 2 heterocycles. The third-order valence-corrected chi connectivity index (χ3v) is 4.56. The molecule has 1 N–H and O–H groups in total. The molecule has 7 nitrogen and oxygen atoms in total. The van der Waals surface area contributed by atoms with Gasteiger partial charge in [0.15, 0.2) is 5.82 Å². The van der Waals surface area contributed by atoms with Gasteiger partial charge in [-0.3, -0.25) is 4.79 Å². The molecule has 0 spiro atoms. The summed E-state index contributed by atoms with van der Waals surface area (Å²) in [5.74, 6) is 0.615. The first-order valence-electron chi connectivity index (χ1n) is 8.75. The first-order chi connectivity index (χ1) is 12.5. The minimum atomic E-state index is -0.243. The summed E-state index contributed by atoms with van der Waals surface area (Å²) >= 11 is 0. The van der Waals surface area contributed by atoms with Gasteiger partial charge in [-0.1, -0.05) is 11.6 Å². The number of nitrogens with zero attached hydrogens (tertiary/aromatic N) is 4. The number of benzene rings is 1. The van der Waals surface area contributed by atoms with Gasteiger partial charge >= 0.3 is 0 Å². The van der Waals surface area contributed by atoms with E-state index in [4.69, 9.17) is 4.74 Å². The van der Waals surface area contributed by atoms with E-state index in [2.05, 4.69) is 27.6 Å². The highest BCUT2D eigenvalue weighted by Crippen LogP contribution is 2.21. The standard InChI is InChI=1S/C19H25N5O2/c1-13-6-7-16-15(10-13)11-17(23(16)3)19(25)21-14(2)18-22-20-12-24(18)8-5-9-26-4/h6-7,10-12,14H,5,8-9H2,1-4H3,(H,21,25)/t14-/m0/s1. The largest absolute Gasteiger partial charge is 0.385 e. The van der Waals surface area contributed by atoms with E-state index in [-0.39, 0.29) is 11.9 Å². The first-order valence-corrected chi connectivity index (χ1v) is 8.75. The van der Waals surface area contributed by atoms with Crippen LogP contribution in [0.1, 0.15) is 41.3 Å².